The number of carbonyl (C=O) groups excluding carboxylic acids is 2. The molecular formula is C19H24F3N7O2. The van der Waals surface area contributed by atoms with Gasteiger partial charge in [0.1, 0.15) is 5.82 Å². The highest BCUT2D eigenvalue weighted by atomic mass is 19.4. The summed E-state index contributed by atoms with van der Waals surface area (Å²) in [4.78, 5) is 27.7. The molecule has 1 N–H and O–H groups in total. The highest BCUT2D eigenvalue weighted by molar-refractivity contribution is 5.79. The second kappa shape index (κ2) is 8.67. The first-order valence-electron chi connectivity index (χ1n) is 10.4. The molecule has 168 valence electrons. The molecule has 0 radical (unpaired) electrons. The molecule has 0 spiro atoms. The van der Waals surface area contributed by atoms with E-state index in [2.05, 4.69) is 20.6 Å². The zero-order chi connectivity index (χ0) is 22.0. The van der Waals surface area contributed by atoms with Crippen LogP contribution in [-0.4, -0.2) is 69.2 Å². The fraction of sp³-hybridized carbons (Fsp3) is 0.632. The Hall–Kier alpha value is -2.92. The maximum Gasteiger partial charge on any atom is 0.453 e. The summed E-state index contributed by atoms with van der Waals surface area (Å²) in [6.45, 7) is 3.01. The normalized spacial score (nSPS) is 18.2. The maximum atomic E-state index is 13.1. The molecule has 2 aliphatic rings. The van der Waals surface area contributed by atoms with Gasteiger partial charge in [-0.25, -0.2) is 0 Å². The van der Waals surface area contributed by atoms with Gasteiger partial charge < -0.3 is 15.1 Å². The third kappa shape index (κ3) is 4.72. The second-order valence-electron chi connectivity index (χ2n) is 7.87. The number of nitrogens with zero attached hydrogens (tertiary/aromatic N) is 6. The Bertz CT molecular complexity index is 954. The number of alkyl halides is 3. The number of hydrogen-bond donors (Lipinski definition) is 1. The number of fused-ring (bicyclic) bond motifs is 1. The summed E-state index contributed by atoms with van der Waals surface area (Å²) in [7, 11) is 0. The third-order valence-electron chi connectivity index (χ3n) is 5.77. The minimum absolute atomic E-state index is 0.0195. The number of halogens is 3. The average Bonchev–Trinajstić information content (AvgIpc) is 3.36. The Kier molecular flexibility index (Phi) is 5.96. The number of piperidine rings is 1. The van der Waals surface area contributed by atoms with E-state index in [1.54, 1.807) is 6.07 Å². The van der Waals surface area contributed by atoms with Gasteiger partial charge in [-0.1, -0.05) is 0 Å². The van der Waals surface area contributed by atoms with Gasteiger partial charge in [0.2, 0.25) is 11.8 Å². The molecule has 0 bridgehead atoms. The molecule has 31 heavy (non-hydrogen) atoms. The van der Waals surface area contributed by atoms with Crippen molar-refractivity contribution in [2.24, 2.45) is 5.92 Å². The lowest BCUT2D eigenvalue weighted by Crippen LogP contribution is -2.41. The van der Waals surface area contributed by atoms with Gasteiger partial charge in [0.25, 0.3) is 5.82 Å². The highest BCUT2D eigenvalue weighted by Crippen LogP contribution is 2.28. The van der Waals surface area contributed by atoms with Crippen molar-refractivity contribution in [3.8, 4) is 0 Å². The molecule has 9 nitrogen and oxygen atoms in total. The van der Waals surface area contributed by atoms with Crippen molar-refractivity contribution < 1.29 is 22.8 Å². The molecule has 2 aromatic heterocycles. The van der Waals surface area contributed by atoms with Crippen LogP contribution in [0.25, 0.3) is 5.65 Å². The van der Waals surface area contributed by atoms with E-state index < -0.39 is 12.0 Å². The third-order valence-corrected chi connectivity index (χ3v) is 5.77. The molecule has 4 rings (SSSR count). The predicted octanol–water partition coefficient (Wildman–Crippen LogP) is 1.49. The first-order chi connectivity index (χ1) is 14.8. The molecule has 0 unspecified atom stereocenters. The quantitative estimate of drug-likeness (QED) is 0.686. The molecule has 2 fully saturated rings. The van der Waals surface area contributed by atoms with Crippen molar-refractivity contribution in [3.05, 3.63) is 18.0 Å². The van der Waals surface area contributed by atoms with E-state index in [0.29, 0.717) is 55.8 Å². The zero-order valence-corrected chi connectivity index (χ0v) is 16.9. The standard InChI is InChI=1S/C19H24F3N7O2/c20-19(21,22)18-25-24-14-4-5-15(26-29(14)18)27-11-6-13(7-12-27)17(31)23-8-2-10-28-9-1-3-16(28)30/h4-5,13H,1-3,6-12H2,(H,23,31). The topological polar surface area (TPSA) is 95.7 Å². The first kappa shape index (κ1) is 21.3. The van der Waals surface area contributed by atoms with Crippen molar-refractivity contribution in [2.45, 2.75) is 38.3 Å². The van der Waals surface area contributed by atoms with Gasteiger partial charge in [-0.05, 0) is 37.8 Å². The summed E-state index contributed by atoms with van der Waals surface area (Å²) in [5.41, 5.74) is 0.0287. The second-order valence-corrected chi connectivity index (χ2v) is 7.87. The smallest absolute Gasteiger partial charge is 0.356 e. The van der Waals surface area contributed by atoms with Crippen LogP contribution in [0.15, 0.2) is 12.1 Å². The van der Waals surface area contributed by atoms with Gasteiger partial charge in [-0.15, -0.1) is 15.3 Å². The van der Waals surface area contributed by atoms with Crippen LogP contribution in [0, 0.1) is 5.92 Å². The Morgan fingerprint density at radius 3 is 2.61 bits per heavy atom. The van der Waals surface area contributed by atoms with Crippen LogP contribution < -0.4 is 10.2 Å². The summed E-state index contributed by atoms with van der Waals surface area (Å²) < 4.78 is 39.9. The largest absolute Gasteiger partial charge is 0.453 e. The molecule has 2 saturated heterocycles. The Morgan fingerprint density at radius 2 is 1.94 bits per heavy atom. The van der Waals surface area contributed by atoms with Crippen LogP contribution in [0.2, 0.25) is 0 Å². The van der Waals surface area contributed by atoms with Crippen molar-refractivity contribution in [3.63, 3.8) is 0 Å². The van der Waals surface area contributed by atoms with Crippen molar-refractivity contribution in [2.75, 3.05) is 37.6 Å². The fourth-order valence-corrected chi connectivity index (χ4v) is 4.06. The summed E-state index contributed by atoms with van der Waals surface area (Å²) in [5.74, 6) is -0.747. The SMILES string of the molecule is O=C(NCCCN1CCCC1=O)C1CCN(c2ccc3nnc(C(F)(F)F)n3n2)CC1. The van der Waals surface area contributed by atoms with E-state index in [1.165, 1.54) is 6.07 Å². The molecule has 4 heterocycles. The predicted molar refractivity (Wildman–Crippen MR) is 104 cm³/mol. The number of nitrogens with one attached hydrogen (secondary N) is 1. The van der Waals surface area contributed by atoms with Crippen LogP contribution in [0.5, 0.6) is 0 Å². The van der Waals surface area contributed by atoms with E-state index in [4.69, 9.17) is 0 Å². The van der Waals surface area contributed by atoms with Crippen molar-refractivity contribution in [1.82, 2.24) is 30.0 Å². The molecule has 0 saturated carbocycles. The average molecular weight is 439 g/mol. The molecule has 2 aliphatic heterocycles. The van der Waals surface area contributed by atoms with Crippen LogP contribution >= 0.6 is 0 Å². The number of amides is 2. The Balaban J connectivity index is 1.27. The molecule has 0 atom stereocenters. The van der Waals surface area contributed by atoms with Gasteiger partial charge in [-0.2, -0.15) is 17.7 Å². The number of aromatic nitrogens is 4. The van der Waals surface area contributed by atoms with Gasteiger partial charge in [0, 0.05) is 45.1 Å². The van der Waals surface area contributed by atoms with E-state index in [-0.39, 0.29) is 23.4 Å². The number of hydrogen-bond acceptors (Lipinski definition) is 6. The molecule has 0 aromatic carbocycles. The van der Waals surface area contributed by atoms with E-state index in [0.717, 1.165) is 19.4 Å². The van der Waals surface area contributed by atoms with Crippen LogP contribution in [-0.2, 0) is 15.8 Å². The minimum atomic E-state index is -4.64. The first-order valence-corrected chi connectivity index (χ1v) is 10.4. The molecule has 2 amide bonds. The lowest BCUT2D eigenvalue weighted by atomic mass is 9.96. The van der Waals surface area contributed by atoms with Crippen LogP contribution in [0.3, 0.4) is 0 Å². The Morgan fingerprint density at radius 1 is 1.16 bits per heavy atom. The van der Waals surface area contributed by atoms with E-state index >= 15 is 0 Å². The van der Waals surface area contributed by atoms with Gasteiger partial charge in [0.15, 0.2) is 5.65 Å². The zero-order valence-electron chi connectivity index (χ0n) is 16.9. The van der Waals surface area contributed by atoms with Crippen LogP contribution in [0.1, 0.15) is 37.9 Å². The van der Waals surface area contributed by atoms with Gasteiger partial charge in [-0.3, -0.25) is 9.59 Å². The Labute approximate surface area is 176 Å². The number of carbonyl (C=O) groups is 2. The summed E-state index contributed by atoms with van der Waals surface area (Å²) in [6, 6.07) is 3.07. The molecular weight excluding hydrogens is 415 g/mol. The number of likely N-dealkylation sites (tertiary alicyclic amines) is 1. The van der Waals surface area contributed by atoms with Crippen LogP contribution in [0.4, 0.5) is 19.0 Å². The van der Waals surface area contributed by atoms with E-state index in [9.17, 15) is 22.8 Å². The lowest BCUT2D eigenvalue weighted by Gasteiger charge is -2.32. The maximum absolute atomic E-state index is 13.1. The highest BCUT2D eigenvalue weighted by Gasteiger charge is 2.38. The number of anilines is 1. The van der Waals surface area contributed by atoms with Gasteiger partial charge >= 0.3 is 6.18 Å². The summed E-state index contributed by atoms with van der Waals surface area (Å²) in [5, 5.41) is 13.7. The molecule has 2 aromatic rings. The van der Waals surface area contributed by atoms with Crippen molar-refractivity contribution >= 4 is 23.3 Å². The molecule has 0 aliphatic carbocycles. The lowest BCUT2D eigenvalue weighted by molar-refractivity contribution is -0.146. The number of rotatable bonds is 6. The van der Waals surface area contributed by atoms with Gasteiger partial charge in [0.05, 0.1) is 0 Å². The van der Waals surface area contributed by atoms with E-state index in [1.807, 2.05) is 9.80 Å². The fourth-order valence-electron chi connectivity index (χ4n) is 4.06. The van der Waals surface area contributed by atoms with Crippen molar-refractivity contribution in [1.29, 1.82) is 0 Å². The molecule has 12 heteroatoms. The monoisotopic (exact) mass is 439 g/mol. The summed E-state index contributed by atoms with van der Waals surface area (Å²) >= 11 is 0. The minimum Gasteiger partial charge on any atom is -0.356 e. The summed E-state index contributed by atoms with van der Waals surface area (Å²) in [6.07, 6.45) is -1.23.